The molecule has 0 radical (unpaired) electrons. The van der Waals surface area contributed by atoms with Crippen molar-refractivity contribution in [1.82, 2.24) is 15.2 Å². The fourth-order valence-electron chi connectivity index (χ4n) is 3.00. The van der Waals surface area contributed by atoms with Crippen molar-refractivity contribution in [3.63, 3.8) is 0 Å². The summed E-state index contributed by atoms with van der Waals surface area (Å²) in [5, 5.41) is 11.2. The van der Waals surface area contributed by atoms with Gasteiger partial charge in [0.15, 0.2) is 5.16 Å². The summed E-state index contributed by atoms with van der Waals surface area (Å²) in [6, 6.07) is 9.23. The summed E-state index contributed by atoms with van der Waals surface area (Å²) < 4.78 is 0. The molecule has 0 saturated heterocycles. The number of nitrogens with zero attached hydrogens (tertiary/aromatic N) is 2. The SMILES string of the molecule is CCC1CCCC(Nc2ccc(Sc3ncn[nH]3)cc2)C1. The fraction of sp³-hybridized carbons (Fsp3) is 0.500. The Morgan fingerprint density at radius 2 is 2.14 bits per heavy atom. The monoisotopic (exact) mass is 302 g/mol. The molecule has 0 bridgehead atoms. The van der Waals surface area contributed by atoms with Crippen LogP contribution in [0.3, 0.4) is 0 Å². The van der Waals surface area contributed by atoms with E-state index < -0.39 is 0 Å². The number of aromatic amines is 1. The highest BCUT2D eigenvalue weighted by Crippen LogP contribution is 2.30. The molecular weight excluding hydrogens is 280 g/mol. The van der Waals surface area contributed by atoms with Crippen LogP contribution in [0.5, 0.6) is 0 Å². The Hall–Kier alpha value is -1.49. The van der Waals surface area contributed by atoms with Gasteiger partial charge in [-0.05, 0) is 43.0 Å². The fourth-order valence-corrected chi connectivity index (χ4v) is 3.70. The molecule has 3 rings (SSSR count). The van der Waals surface area contributed by atoms with Crippen LogP contribution in [0.2, 0.25) is 0 Å². The Morgan fingerprint density at radius 3 is 2.86 bits per heavy atom. The first-order valence-corrected chi connectivity index (χ1v) is 8.55. The Bertz CT molecular complexity index is 538. The molecule has 1 heterocycles. The van der Waals surface area contributed by atoms with Crippen LogP contribution in [-0.4, -0.2) is 21.2 Å². The van der Waals surface area contributed by atoms with Gasteiger partial charge in [-0.15, -0.1) is 0 Å². The molecule has 2 unspecified atom stereocenters. The normalized spacial score (nSPS) is 22.1. The minimum Gasteiger partial charge on any atom is -0.382 e. The molecule has 2 atom stereocenters. The average molecular weight is 302 g/mol. The first-order chi connectivity index (χ1) is 10.3. The quantitative estimate of drug-likeness (QED) is 0.863. The van der Waals surface area contributed by atoms with Crippen molar-refractivity contribution < 1.29 is 0 Å². The first kappa shape index (κ1) is 14.4. The van der Waals surface area contributed by atoms with Crippen molar-refractivity contribution in [2.75, 3.05) is 5.32 Å². The highest BCUT2D eigenvalue weighted by atomic mass is 32.2. The number of rotatable bonds is 5. The molecule has 112 valence electrons. The minimum atomic E-state index is 0.636. The summed E-state index contributed by atoms with van der Waals surface area (Å²) in [6.45, 7) is 2.31. The number of H-pyrrole nitrogens is 1. The van der Waals surface area contributed by atoms with Gasteiger partial charge in [0.1, 0.15) is 6.33 Å². The maximum Gasteiger partial charge on any atom is 0.188 e. The summed E-state index contributed by atoms with van der Waals surface area (Å²) in [4.78, 5) is 5.30. The molecular formula is C16H22N4S. The van der Waals surface area contributed by atoms with E-state index in [4.69, 9.17) is 0 Å². The molecule has 2 N–H and O–H groups in total. The van der Waals surface area contributed by atoms with Gasteiger partial charge in [0.05, 0.1) is 0 Å². The highest BCUT2D eigenvalue weighted by Gasteiger charge is 2.20. The molecule has 1 aromatic heterocycles. The van der Waals surface area contributed by atoms with Crippen LogP contribution in [0.4, 0.5) is 5.69 Å². The van der Waals surface area contributed by atoms with Crippen molar-refractivity contribution in [2.45, 2.75) is 55.1 Å². The van der Waals surface area contributed by atoms with Crippen LogP contribution >= 0.6 is 11.8 Å². The Balaban J connectivity index is 1.56. The molecule has 4 nitrogen and oxygen atoms in total. The Labute approximate surface area is 130 Å². The van der Waals surface area contributed by atoms with Gasteiger partial charge < -0.3 is 5.32 Å². The zero-order valence-corrected chi connectivity index (χ0v) is 13.2. The predicted molar refractivity (Wildman–Crippen MR) is 86.6 cm³/mol. The number of hydrogen-bond acceptors (Lipinski definition) is 4. The molecule has 1 aliphatic carbocycles. The Kier molecular flexibility index (Phi) is 4.80. The van der Waals surface area contributed by atoms with E-state index in [0.717, 1.165) is 11.1 Å². The van der Waals surface area contributed by atoms with Gasteiger partial charge in [0.25, 0.3) is 0 Å². The molecule has 2 aromatic rings. The number of hydrogen-bond donors (Lipinski definition) is 2. The maximum atomic E-state index is 4.13. The lowest BCUT2D eigenvalue weighted by molar-refractivity contribution is 0.327. The van der Waals surface area contributed by atoms with Crippen molar-refractivity contribution >= 4 is 17.4 Å². The van der Waals surface area contributed by atoms with E-state index in [0.29, 0.717) is 6.04 Å². The largest absolute Gasteiger partial charge is 0.382 e. The van der Waals surface area contributed by atoms with E-state index in [2.05, 4.69) is 51.7 Å². The molecule has 1 aliphatic rings. The second-order valence-electron chi connectivity index (χ2n) is 5.70. The molecule has 1 fully saturated rings. The zero-order valence-electron chi connectivity index (χ0n) is 12.4. The lowest BCUT2D eigenvalue weighted by Crippen LogP contribution is -2.26. The van der Waals surface area contributed by atoms with Crippen LogP contribution in [0.1, 0.15) is 39.0 Å². The summed E-state index contributed by atoms with van der Waals surface area (Å²) in [5.74, 6) is 0.900. The third kappa shape index (κ3) is 4.00. The summed E-state index contributed by atoms with van der Waals surface area (Å²) in [5.41, 5.74) is 1.22. The van der Waals surface area contributed by atoms with Crippen LogP contribution in [0.25, 0.3) is 0 Å². The van der Waals surface area contributed by atoms with E-state index in [1.807, 2.05) is 0 Å². The summed E-state index contributed by atoms with van der Waals surface area (Å²) in [6.07, 6.45) is 8.21. The maximum absolute atomic E-state index is 4.13. The van der Waals surface area contributed by atoms with Crippen molar-refractivity contribution in [2.24, 2.45) is 5.92 Å². The third-order valence-corrected chi connectivity index (χ3v) is 5.09. The van der Waals surface area contributed by atoms with Gasteiger partial charge in [0.2, 0.25) is 0 Å². The van der Waals surface area contributed by atoms with Gasteiger partial charge in [-0.2, -0.15) is 5.10 Å². The molecule has 0 aliphatic heterocycles. The number of anilines is 1. The first-order valence-electron chi connectivity index (χ1n) is 7.73. The second kappa shape index (κ2) is 6.98. The van der Waals surface area contributed by atoms with Crippen LogP contribution in [0.15, 0.2) is 40.6 Å². The van der Waals surface area contributed by atoms with E-state index in [1.54, 1.807) is 11.8 Å². The smallest absolute Gasteiger partial charge is 0.188 e. The summed E-state index contributed by atoms with van der Waals surface area (Å²) >= 11 is 1.60. The Morgan fingerprint density at radius 1 is 1.29 bits per heavy atom. The van der Waals surface area contributed by atoms with E-state index in [-0.39, 0.29) is 0 Å². The molecule has 21 heavy (non-hydrogen) atoms. The average Bonchev–Trinajstić information content (AvgIpc) is 3.02. The molecule has 1 saturated carbocycles. The highest BCUT2D eigenvalue weighted by molar-refractivity contribution is 7.99. The molecule has 0 amide bonds. The molecule has 0 spiro atoms. The van der Waals surface area contributed by atoms with Gasteiger partial charge in [-0.3, -0.25) is 5.10 Å². The van der Waals surface area contributed by atoms with Crippen molar-refractivity contribution in [3.8, 4) is 0 Å². The van der Waals surface area contributed by atoms with Crippen LogP contribution < -0.4 is 5.32 Å². The van der Waals surface area contributed by atoms with E-state index in [9.17, 15) is 0 Å². The van der Waals surface area contributed by atoms with Crippen LogP contribution in [0, 0.1) is 5.92 Å². The predicted octanol–water partition coefficient (Wildman–Crippen LogP) is 4.34. The molecule has 1 aromatic carbocycles. The molecule has 5 heteroatoms. The van der Waals surface area contributed by atoms with Gasteiger partial charge >= 0.3 is 0 Å². The van der Waals surface area contributed by atoms with Crippen molar-refractivity contribution in [1.29, 1.82) is 0 Å². The zero-order chi connectivity index (χ0) is 14.5. The standard InChI is InChI=1S/C16H22N4S/c1-2-12-4-3-5-14(10-12)19-13-6-8-15(9-7-13)21-16-17-11-18-20-16/h6-9,11-12,14,19H,2-5,10H2,1H3,(H,17,18,20). The number of nitrogens with one attached hydrogen (secondary N) is 2. The van der Waals surface area contributed by atoms with Gasteiger partial charge in [-0.25, -0.2) is 4.98 Å². The third-order valence-electron chi connectivity index (χ3n) is 4.19. The topological polar surface area (TPSA) is 53.6 Å². The van der Waals surface area contributed by atoms with Crippen LogP contribution in [-0.2, 0) is 0 Å². The van der Waals surface area contributed by atoms with E-state index in [1.165, 1.54) is 49.0 Å². The van der Waals surface area contributed by atoms with Gasteiger partial charge in [0, 0.05) is 16.6 Å². The lowest BCUT2D eigenvalue weighted by atomic mass is 9.84. The van der Waals surface area contributed by atoms with Gasteiger partial charge in [-0.1, -0.05) is 37.9 Å². The lowest BCUT2D eigenvalue weighted by Gasteiger charge is -2.29. The second-order valence-corrected chi connectivity index (χ2v) is 6.76. The number of benzene rings is 1. The number of aromatic nitrogens is 3. The van der Waals surface area contributed by atoms with Crippen molar-refractivity contribution in [3.05, 3.63) is 30.6 Å². The van der Waals surface area contributed by atoms with E-state index >= 15 is 0 Å². The summed E-state index contributed by atoms with van der Waals surface area (Å²) in [7, 11) is 0. The minimum absolute atomic E-state index is 0.636.